The number of aliphatic hydroxyl groups excluding tert-OH is 3. The van der Waals surface area contributed by atoms with E-state index in [1.54, 1.807) is 0 Å². The molecule has 3 N–H and O–H groups in total. The van der Waals surface area contributed by atoms with Crippen molar-refractivity contribution in [3.8, 4) is 0 Å². The molecule has 0 heterocycles. The second kappa shape index (κ2) is 13.1. The van der Waals surface area contributed by atoms with Crippen molar-refractivity contribution in [3.05, 3.63) is 120 Å². The van der Waals surface area contributed by atoms with Gasteiger partial charge >= 0.3 is 0 Å². The molecule has 0 bridgehead atoms. The number of rotatable bonds is 9. The van der Waals surface area contributed by atoms with E-state index in [0.717, 1.165) is 61.6 Å². The highest BCUT2D eigenvalue weighted by atomic mass is 16.5. The highest BCUT2D eigenvalue weighted by Crippen LogP contribution is 2.69. The van der Waals surface area contributed by atoms with Gasteiger partial charge in [-0.15, -0.1) is 0 Å². The number of benzene rings is 3. The van der Waals surface area contributed by atoms with Crippen LogP contribution in [0.25, 0.3) is 0 Å². The molecule has 47 heavy (non-hydrogen) atoms. The zero-order valence-electron chi connectivity index (χ0n) is 28.5. The summed E-state index contributed by atoms with van der Waals surface area (Å²) in [5.41, 5.74) is 2.43. The maximum absolute atomic E-state index is 12.0. The Morgan fingerprint density at radius 1 is 0.766 bits per heavy atom. The van der Waals surface area contributed by atoms with Gasteiger partial charge < -0.3 is 20.1 Å². The molecule has 9 atom stereocenters. The van der Waals surface area contributed by atoms with Gasteiger partial charge in [-0.3, -0.25) is 0 Å². The molecule has 4 heteroatoms. The van der Waals surface area contributed by atoms with Gasteiger partial charge in [-0.1, -0.05) is 112 Å². The predicted octanol–water partition coefficient (Wildman–Crippen LogP) is 8.29. The van der Waals surface area contributed by atoms with Gasteiger partial charge in [0.15, 0.2) is 0 Å². The summed E-state index contributed by atoms with van der Waals surface area (Å²) in [5, 5.41) is 34.1. The van der Waals surface area contributed by atoms with Gasteiger partial charge in [0, 0.05) is 17.9 Å². The molecular formula is C43H54O4. The maximum Gasteiger partial charge on any atom is 0.143 e. The largest absolute Gasteiger partial charge is 0.393 e. The molecular weight excluding hydrogens is 580 g/mol. The molecule has 0 spiro atoms. The third-order valence-corrected chi connectivity index (χ3v) is 13.5. The second-order valence-corrected chi connectivity index (χ2v) is 15.8. The van der Waals surface area contributed by atoms with E-state index in [1.165, 1.54) is 11.8 Å². The van der Waals surface area contributed by atoms with E-state index < -0.39 is 11.7 Å². The minimum Gasteiger partial charge on any atom is -0.393 e. The number of aliphatic hydroxyl groups is 3. The Balaban J connectivity index is 1.08. The van der Waals surface area contributed by atoms with Crippen molar-refractivity contribution in [1.29, 1.82) is 0 Å². The summed E-state index contributed by atoms with van der Waals surface area (Å²) in [6.45, 7) is 7.70. The molecule has 2 radical (unpaired) electrons. The third kappa shape index (κ3) is 5.52. The minimum absolute atomic E-state index is 0.0140. The molecule has 0 aliphatic heterocycles. The topological polar surface area (TPSA) is 69.9 Å². The van der Waals surface area contributed by atoms with E-state index in [-0.39, 0.29) is 34.9 Å². The Labute approximate surface area is 282 Å². The van der Waals surface area contributed by atoms with Gasteiger partial charge in [-0.05, 0) is 109 Å². The van der Waals surface area contributed by atoms with Crippen molar-refractivity contribution < 1.29 is 20.1 Å². The van der Waals surface area contributed by atoms with E-state index in [9.17, 15) is 15.3 Å². The van der Waals surface area contributed by atoms with Crippen LogP contribution in [-0.4, -0.2) is 40.2 Å². The number of ether oxygens (including phenoxy) is 1. The Hall–Kier alpha value is -2.50. The van der Waals surface area contributed by atoms with Gasteiger partial charge in [-0.2, -0.15) is 0 Å². The molecule has 4 fully saturated rings. The van der Waals surface area contributed by atoms with E-state index >= 15 is 0 Å². The zero-order valence-corrected chi connectivity index (χ0v) is 28.5. The van der Waals surface area contributed by atoms with E-state index in [1.807, 2.05) is 0 Å². The summed E-state index contributed by atoms with van der Waals surface area (Å²) in [6.07, 6.45) is 6.89. The average molecular weight is 635 g/mol. The normalized spacial score (nSPS) is 35.1. The first kappa shape index (κ1) is 33.0. The van der Waals surface area contributed by atoms with Crippen molar-refractivity contribution in [1.82, 2.24) is 0 Å². The van der Waals surface area contributed by atoms with Crippen molar-refractivity contribution >= 4 is 0 Å². The molecule has 0 aromatic heterocycles. The Kier molecular flexibility index (Phi) is 9.19. The lowest BCUT2D eigenvalue weighted by molar-refractivity contribution is -0.121. The van der Waals surface area contributed by atoms with Crippen molar-refractivity contribution in [2.75, 3.05) is 6.61 Å². The van der Waals surface area contributed by atoms with Crippen molar-refractivity contribution in [2.45, 2.75) is 102 Å². The average Bonchev–Trinajstić information content (AvgIpc) is 3.45. The highest BCUT2D eigenvalue weighted by Gasteiger charge is 2.66. The van der Waals surface area contributed by atoms with Crippen LogP contribution >= 0.6 is 0 Å². The standard InChI is InChI=1S/C43H54O4/c1-29(14-13-25-47-43(30-15-7-4-8-16-30,31-17-9-5-10-18-31)32-19-11-6-12-20-32)35-21-22-36-40-37(28-39(46)42(35,36)3)41(2)24-23-34(44)26-33(41)27-38(40)45/h4-12,15-20,29,34-39,44-46H,13-14,21-28H2,1-3H3/t29-,34+,35-,36+,37+,38-,39+,41+,42-/m1/s1. The van der Waals surface area contributed by atoms with E-state index in [2.05, 4.69) is 112 Å². The van der Waals surface area contributed by atoms with Gasteiger partial charge in [0.1, 0.15) is 5.60 Å². The molecule has 4 nitrogen and oxygen atoms in total. The highest BCUT2D eigenvalue weighted by molar-refractivity contribution is 5.47. The van der Waals surface area contributed by atoms with Crippen molar-refractivity contribution in [2.24, 2.45) is 34.5 Å². The molecule has 4 aliphatic rings. The molecule has 0 unspecified atom stereocenters. The zero-order chi connectivity index (χ0) is 32.8. The minimum atomic E-state index is -0.707. The molecule has 0 amide bonds. The lowest BCUT2D eigenvalue weighted by Crippen LogP contribution is -2.61. The summed E-state index contributed by atoms with van der Waals surface area (Å²) >= 11 is 0. The number of hydrogen-bond acceptors (Lipinski definition) is 4. The molecule has 3 aromatic carbocycles. The van der Waals surface area contributed by atoms with Crippen LogP contribution in [0, 0.1) is 46.3 Å². The van der Waals surface area contributed by atoms with E-state index in [0.29, 0.717) is 31.3 Å². The van der Waals surface area contributed by atoms with E-state index in [4.69, 9.17) is 4.74 Å². The lowest BCUT2D eigenvalue weighted by Gasteiger charge is -2.63. The van der Waals surface area contributed by atoms with Gasteiger partial charge in [0.2, 0.25) is 0 Å². The van der Waals surface area contributed by atoms with Gasteiger partial charge in [0.05, 0.1) is 18.3 Å². The van der Waals surface area contributed by atoms with Crippen LogP contribution in [0.4, 0.5) is 0 Å². The SMILES string of the molecule is C[C@H](CCCOC(c1ccccc1)(c1ccccc1)c1ccccc1)[C@H]1CC[C@H]2[C]3[C@H](O)C[C]4C[C@@H](O)CC[C@]4(C)[C@H]3C[C@H](O)[C@]12C. The first-order valence-corrected chi connectivity index (χ1v) is 18.3. The lowest BCUT2D eigenvalue weighted by atomic mass is 9.43. The summed E-state index contributed by atoms with van der Waals surface area (Å²) < 4.78 is 7.10. The summed E-state index contributed by atoms with van der Waals surface area (Å²) in [4.78, 5) is 0. The third-order valence-electron chi connectivity index (χ3n) is 13.5. The molecule has 4 aliphatic carbocycles. The van der Waals surface area contributed by atoms with Gasteiger partial charge in [0.25, 0.3) is 0 Å². The monoisotopic (exact) mass is 634 g/mol. The molecule has 4 saturated carbocycles. The van der Waals surface area contributed by atoms with Crippen LogP contribution in [0.1, 0.15) is 95.2 Å². The molecule has 3 aromatic rings. The van der Waals surface area contributed by atoms with Crippen LogP contribution in [0.3, 0.4) is 0 Å². The van der Waals surface area contributed by atoms with Crippen LogP contribution < -0.4 is 0 Å². The van der Waals surface area contributed by atoms with Gasteiger partial charge in [-0.25, -0.2) is 0 Å². The first-order chi connectivity index (χ1) is 22.7. The summed E-state index contributed by atoms with van der Waals surface area (Å²) in [6, 6.07) is 31.8. The quantitative estimate of drug-likeness (QED) is 0.164. The maximum atomic E-state index is 12.0. The van der Waals surface area contributed by atoms with Crippen LogP contribution in [-0.2, 0) is 10.3 Å². The molecule has 7 rings (SSSR count). The van der Waals surface area contributed by atoms with Crippen LogP contribution in [0.5, 0.6) is 0 Å². The fraction of sp³-hybridized carbons (Fsp3) is 0.535. The smallest absolute Gasteiger partial charge is 0.143 e. The van der Waals surface area contributed by atoms with Crippen molar-refractivity contribution in [3.63, 3.8) is 0 Å². The first-order valence-electron chi connectivity index (χ1n) is 18.3. The Morgan fingerprint density at radius 3 is 1.91 bits per heavy atom. The molecule has 250 valence electrons. The Morgan fingerprint density at radius 2 is 1.34 bits per heavy atom. The number of fused-ring (bicyclic) bond motifs is 5. The Bertz CT molecular complexity index is 1360. The van der Waals surface area contributed by atoms with Crippen LogP contribution in [0.15, 0.2) is 91.0 Å². The number of hydrogen-bond donors (Lipinski definition) is 3. The summed E-state index contributed by atoms with van der Waals surface area (Å²) in [7, 11) is 0. The molecule has 0 saturated heterocycles. The fourth-order valence-electron chi connectivity index (χ4n) is 11.0. The second-order valence-electron chi connectivity index (χ2n) is 15.8. The predicted molar refractivity (Wildman–Crippen MR) is 187 cm³/mol. The fourth-order valence-corrected chi connectivity index (χ4v) is 11.0. The summed E-state index contributed by atoms with van der Waals surface area (Å²) in [5.74, 6) is 3.96. The van der Waals surface area contributed by atoms with Crippen LogP contribution in [0.2, 0.25) is 0 Å².